The van der Waals surface area contributed by atoms with Gasteiger partial charge in [-0.05, 0) is 61.4 Å². The smallest absolute Gasteiger partial charge is 0.0294 e. The maximum atomic E-state index is 3.76. The summed E-state index contributed by atoms with van der Waals surface area (Å²) >= 11 is 3.55. The van der Waals surface area contributed by atoms with E-state index in [2.05, 4.69) is 83.6 Å². The van der Waals surface area contributed by atoms with E-state index in [4.69, 9.17) is 0 Å². The SMILES string of the molecule is Cc1ccccc1C1CC(NC(C)c2cccc(Br)c2)C1. The molecule has 1 saturated carbocycles. The van der Waals surface area contributed by atoms with Crippen molar-refractivity contribution in [1.29, 1.82) is 0 Å². The molecule has 0 aliphatic heterocycles. The Morgan fingerprint density at radius 2 is 1.86 bits per heavy atom. The lowest BCUT2D eigenvalue weighted by molar-refractivity contribution is 0.270. The van der Waals surface area contributed by atoms with Crippen LogP contribution in [0.2, 0.25) is 0 Å². The molecule has 1 N–H and O–H groups in total. The van der Waals surface area contributed by atoms with E-state index in [0.717, 1.165) is 10.4 Å². The van der Waals surface area contributed by atoms with Crippen LogP contribution in [0.15, 0.2) is 53.0 Å². The summed E-state index contributed by atoms with van der Waals surface area (Å²) in [6.07, 6.45) is 2.51. The van der Waals surface area contributed by atoms with Gasteiger partial charge in [-0.1, -0.05) is 52.3 Å². The van der Waals surface area contributed by atoms with Crippen LogP contribution in [-0.4, -0.2) is 6.04 Å². The number of aryl methyl sites for hydroxylation is 1. The highest BCUT2D eigenvalue weighted by atomic mass is 79.9. The van der Waals surface area contributed by atoms with Crippen molar-refractivity contribution in [3.05, 3.63) is 69.7 Å². The summed E-state index contributed by atoms with van der Waals surface area (Å²) in [4.78, 5) is 0. The second-order valence-corrected chi connectivity index (χ2v) is 7.08. The first-order chi connectivity index (χ1) is 10.1. The summed E-state index contributed by atoms with van der Waals surface area (Å²) in [6, 6.07) is 18.4. The Morgan fingerprint density at radius 1 is 1.10 bits per heavy atom. The van der Waals surface area contributed by atoms with Gasteiger partial charge in [-0.25, -0.2) is 0 Å². The van der Waals surface area contributed by atoms with E-state index in [0.29, 0.717) is 12.1 Å². The van der Waals surface area contributed by atoms with Gasteiger partial charge in [0.05, 0.1) is 0 Å². The topological polar surface area (TPSA) is 12.0 Å². The van der Waals surface area contributed by atoms with Crippen LogP contribution >= 0.6 is 15.9 Å². The number of hydrogen-bond donors (Lipinski definition) is 1. The molecular formula is C19H22BrN. The minimum absolute atomic E-state index is 0.408. The van der Waals surface area contributed by atoms with Gasteiger partial charge in [0, 0.05) is 16.6 Å². The van der Waals surface area contributed by atoms with Crippen LogP contribution in [0.3, 0.4) is 0 Å². The average Bonchev–Trinajstić information content (AvgIpc) is 2.43. The molecule has 1 fully saturated rings. The number of rotatable bonds is 4. The van der Waals surface area contributed by atoms with Gasteiger partial charge in [0.15, 0.2) is 0 Å². The highest BCUT2D eigenvalue weighted by Crippen LogP contribution is 2.39. The molecule has 0 aromatic heterocycles. The second-order valence-electron chi connectivity index (χ2n) is 6.17. The minimum Gasteiger partial charge on any atom is -0.307 e. The molecule has 2 heteroatoms. The first-order valence-electron chi connectivity index (χ1n) is 7.70. The predicted molar refractivity (Wildman–Crippen MR) is 92.6 cm³/mol. The Bertz CT molecular complexity index is 616. The fraction of sp³-hybridized carbons (Fsp3) is 0.368. The third-order valence-electron chi connectivity index (χ3n) is 4.60. The van der Waals surface area contributed by atoms with E-state index < -0.39 is 0 Å². The maximum absolute atomic E-state index is 3.76. The molecule has 1 unspecified atom stereocenters. The van der Waals surface area contributed by atoms with Crippen molar-refractivity contribution >= 4 is 15.9 Å². The molecule has 0 heterocycles. The first kappa shape index (κ1) is 14.8. The molecule has 0 bridgehead atoms. The van der Waals surface area contributed by atoms with Gasteiger partial charge in [-0.15, -0.1) is 0 Å². The van der Waals surface area contributed by atoms with Crippen molar-refractivity contribution in [2.45, 2.75) is 44.7 Å². The van der Waals surface area contributed by atoms with Crippen LogP contribution in [0.5, 0.6) is 0 Å². The molecule has 1 atom stereocenters. The van der Waals surface area contributed by atoms with Gasteiger partial charge in [0.25, 0.3) is 0 Å². The molecule has 0 spiro atoms. The zero-order valence-corrected chi connectivity index (χ0v) is 14.2. The molecule has 0 saturated heterocycles. The fourth-order valence-electron chi connectivity index (χ4n) is 3.28. The number of halogens is 1. The first-order valence-corrected chi connectivity index (χ1v) is 8.50. The quantitative estimate of drug-likeness (QED) is 0.788. The molecule has 2 aromatic rings. The van der Waals surface area contributed by atoms with E-state index >= 15 is 0 Å². The van der Waals surface area contributed by atoms with Gasteiger partial charge < -0.3 is 5.32 Å². The molecule has 3 rings (SSSR count). The summed E-state index contributed by atoms with van der Waals surface area (Å²) in [5, 5.41) is 3.76. The molecule has 2 aromatic carbocycles. The molecular weight excluding hydrogens is 322 g/mol. The number of hydrogen-bond acceptors (Lipinski definition) is 1. The molecule has 1 aliphatic carbocycles. The predicted octanol–water partition coefficient (Wildman–Crippen LogP) is 5.35. The third-order valence-corrected chi connectivity index (χ3v) is 5.09. The number of benzene rings is 2. The standard InChI is InChI=1S/C19H22BrN/c1-13-6-3-4-9-19(13)16-11-18(12-16)21-14(2)15-7-5-8-17(20)10-15/h3-10,14,16,18,21H,11-12H2,1-2H3. The van der Waals surface area contributed by atoms with Crippen molar-refractivity contribution < 1.29 is 0 Å². The summed E-state index contributed by atoms with van der Waals surface area (Å²) in [5.74, 6) is 0.735. The zero-order chi connectivity index (χ0) is 14.8. The van der Waals surface area contributed by atoms with Gasteiger partial charge in [0.1, 0.15) is 0 Å². The van der Waals surface area contributed by atoms with Crippen molar-refractivity contribution in [1.82, 2.24) is 5.32 Å². The lowest BCUT2D eigenvalue weighted by Crippen LogP contribution is -2.41. The van der Waals surface area contributed by atoms with E-state index in [9.17, 15) is 0 Å². The Morgan fingerprint density at radius 3 is 2.57 bits per heavy atom. The average molecular weight is 344 g/mol. The fourth-order valence-corrected chi connectivity index (χ4v) is 3.70. The van der Waals surface area contributed by atoms with E-state index in [1.165, 1.54) is 29.5 Å². The van der Waals surface area contributed by atoms with Crippen LogP contribution in [0.1, 0.15) is 48.4 Å². The van der Waals surface area contributed by atoms with E-state index in [1.54, 1.807) is 0 Å². The molecule has 110 valence electrons. The third kappa shape index (κ3) is 3.38. The Balaban J connectivity index is 1.56. The maximum Gasteiger partial charge on any atom is 0.0294 e. The van der Waals surface area contributed by atoms with Gasteiger partial charge in [0.2, 0.25) is 0 Å². The van der Waals surface area contributed by atoms with Crippen molar-refractivity contribution in [2.75, 3.05) is 0 Å². The van der Waals surface area contributed by atoms with E-state index in [-0.39, 0.29) is 0 Å². The highest BCUT2D eigenvalue weighted by molar-refractivity contribution is 9.10. The van der Waals surface area contributed by atoms with Crippen LogP contribution in [-0.2, 0) is 0 Å². The Labute approximate surface area is 135 Å². The summed E-state index contributed by atoms with van der Waals surface area (Å²) in [5.41, 5.74) is 4.32. The van der Waals surface area contributed by atoms with Gasteiger partial charge in [-0.2, -0.15) is 0 Å². The van der Waals surface area contributed by atoms with Gasteiger partial charge >= 0.3 is 0 Å². The monoisotopic (exact) mass is 343 g/mol. The lowest BCUT2D eigenvalue weighted by Gasteiger charge is -2.39. The van der Waals surface area contributed by atoms with Gasteiger partial charge in [-0.3, -0.25) is 0 Å². The molecule has 0 amide bonds. The highest BCUT2D eigenvalue weighted by Gasteiger charge is 2.31. The molecule has 1 nitrogen and oxygen atoms in total. The summed E-state index contributed by atoms with van der Waals surface area (Å²) in [7, 11) is 0. The normalized spacial score (nSPS) is 22.6. The Kier molecular flexibility index (Phi) is 4.46. The van der Waals surface area contributed by atoms with Crippen molar-refractivity contribution in [2.24, 2.45) is 0 Å². The Hall–Kier alpha value is -1.12. The zero-order valence-electron chi connectivity index (χ0n) is 12.6. The largest absolute Gasteiger partial charge is 0.307 e. The van der Waals surface area contributed by atoms with Crippen LogP contribution in [0.4, 0.5) is 0 Å². The molecule has 0 radical (unpaired) electrons. The van der Waals surface area contributed by atoms with Crippen molar-refractivity contribution in [3.8, 4) is 0 Å². The second kappa shape index (κ2) is 6.33. The van der Waals surface area contributed by atoms with Crippen LogP contribution in [0, 0.1) is 6.92 Å². The minimum atomic E-state index is 0.408. The van der Waals surface area contributed by atoms with Crippen LogP contribution in [0.25, 0.3) is 0 Å². The summed E-state index contributed by atoms with van der Waals surface area (Å²) < 4.78 is 1.15. The van der Waals surface area contributed by atoms with Crippen LogP contribution < -0.4 is 5.32 Å². The van der Waals surface area contributed by atoms with Crippen molar-refractivity contribution in [3.63, 3.8) is 0 Å². The lowest BCUT2D eigenvalue weighted by atomic mass is 9.74. The molecule has 1 aliphatic rings. The number of nitrogens with one attached hydrogen (secondary N) is 1. The summed E-state index contributed by atoms with van der Waals surface area (Å²) in [6.45, 7) is 4.48. The molecule has 21 heavy (non-hydrogen) atoms. The van der Waals surface area contributed by atoms with E-state index in [1.807, 2.05) is 0 Å².